The number of fused-ring (bicyclic) bond motifs is 2. The van der Waals surface area contributed by atoms with Gasteiger partial charge in [-0.15, -0.1) is 0 Å². The fourth-order valence-corrected chi connectivity index (χ4v) is 2.13. The number of ether oxygens (including phenoxy) is 2. The van der Waals surface area contributed by atoms with Crippen LogP contribution in [0.3, 0.4) is 0 Å². The van der Waals surface area contributed by atoms with E-state index in [0.717, 1.165) is 19.3 Å². The molecule has 0 aromatic rings. The molecule has 2 aliphatic heterocycles. The SMILES string of the molecule is CCC1CC2CC=C(C)C(C)(O1)O2. The van der Waals surface area contributed by atoms with Gasteiger partial charge < -0.3 is 9.47 Å². The van der Waals surface area contributed by atoms with Gasteiger partial charge in [0.15, 0.2) is 5.79 Å². The van der Waals surface area contributed by atoms with Crippen LogP contribution in [-0.2, 0) is 9.47 Å². The van der Waals surface area contributed by atoms with E-state index in [2.05, 4.69) is 19.9 Å². The van der Waals surface area contributed by atoms with Crippen LogP contribution in [0.25, 0.3) is 0 Å². The molecule has 2 nitrogen and oxygen atoms in total. The minimum atomic E-state index is -0.429. The Labute approximate surface area is 79.9 Å². The van der Waals surface area contributed by atoms with Gasteiger partial charge in [0.25, 0.3) is 0 Å². The molecule has 2 bridgehead atoms. The van der Waals surface area contributed by atoms with Crippen molar-refractivity contribution in [3.8, 4) is 0 Å². The van der Waals surface area contributed by atoms with E-state index in [1.807, 2.05) is 6.92 Å². The molecule has 0 N–H and O–H groups in total. The molecule has 0 aromatic heterocycles. The van der Waals surface area contributed by atoms with Gasteiger partial charge in [-0.3, -0.25) is 0 Å². The quantitative estimate of drug-likeness (QED) is 0.580. The predicted octanol–water partition coefficient (Wildman–Crippen LogP) is 2.64. The van der Waals surface area contributed by atoms with Crippen LogP contribution >= 0.6 is 0 Å². The highest BCUT2D eigenvalue weighted by Crippen LogP contribution is 2.38. The summed E-state index contributed by atoms with van der Waals surface area (Å²) in [6, 6.07) is 0. The molecule has 0 aromatic carbocycles. The molecule has 2 rings (SSSR count). The van der Waals surface area contributed by atoms with Gasteiger partial charge in [-0.2, -0.15) is 0 Å². The van der Waals surface area contributed by atoms with E-state index in [4.69, 9.17) is 9.47 Å². The molecule has 0 spiro atoms. The fourth-order valence-electron chi connectivity index (χ4n) is 2.13. The monoisotopic (exact) mass is 182 g/mol. The Morgan fingerprint density at radius 2 is 2.31 bits per heavy atom. The topological polar surface area (TPSA) is 18.5 Å². The summed E-state index contributed by atoms with van der Waals surface area (Å²) >= 11 is 0. The van der Waals surface area contributed by atoms with Crippen molar-refractivity contribution in [3.63, 3.8) is 0 Å². The lowest BCUT2D eigenvalue weighted by Gasteiger charge is -2.45. The molecule has 2 heterocycles. The Morgan fingerprint density at radius 3 is 3.00 bits per heavy atom. The maximum atomic E-state index is 5.92. The highest BCUT2D eigenvalue weighted by molar-refractivity contribution is 5.14. The lowest BCUT2D eigenvalue weighted by molar-refractivity contribution is -0.293. The molecule has 1 saturated heterocycles. The average Bonchev–Trinajstić information content (AvgIpc) is 2.11. The summed E-state index contributed by atoms with van der Waals surface area (Å²) in [6.07, 6.45) is 6.21. The summed E-state index contributed by atoms with van der Waals surface area (Å²) in [5, 5.41) is 0. The largest absolute Gasteiger partial charge is 0.343 e. The zero-order valence-electron chi connectivity index (χ0n) is 8.67. The van der Waals surface area contributed by atoms with Crippen molar-refractivity contribution >= 4 is 0 Å². The fraction of sp³-hybridized carbons (Fsp3) is 0.818. The van der Waals surface area contributed by atoms with Crippen molar-refractivity contribution in [3.05, 3.63) is 11.6 Å². The molecule has 0 aliphatic carbocycles. The van der Waals surface area contributed by atoms with Gasteiger partial charge in [0.2, 0.25) is 0 Å². The van der Waals surface area contributed by atoms with Gasteiger partial charge >= 0.3 is 0 Å². The van der Waals surface area contributed by atoms with Crippen LogP contribution in [0.2, 0.25) is 0 Å². The van der Waals surface area contributed by atoms with Crippen molar-refractivity contribution in [1.29, 1.82) is 0 Å². The van der Waals surface area contributed by atoms with Crippen molar-refractivity contribution in [2.24, 2.45) is 0 Å². The first kappa shape index (κ1) is 9.22. The van der Waals surface area contributed by atoms with E-state index in [1.165, 1.54) is 5.57 Å². The molecule has 0 saturated carbocycles. The van der Waals surface area contributed by atoms with E-state index < -0.39 is 5.79 Å². The summed E-state index contributed by atoms with van der Waals surface area (Å²) in [5.41, 5.74) is 1.22. The number of hydrogen-bond acceptors (Lipinski definition) is 2. The van der Waals surface area contributed by atoms with Gasteiger partial charge in [0, 0.05) is 6.42 Å². The van der Waals surface area contributed by atoms with Crippen molar-refractivity contribution < 1.29 is 9.47 Å². The lowest BCUT2D eigenvalue weighted by atomic mass is 9.95. The molecule has 0 radical (unpaired) electrons. The zero-order valence-corrected chi connectivity index (χ0v) is 8.67. The smallest absolute Gasteiger partial charge is 0.188 e. The second-order valence-electron chi connectivity index (χ2n) is 4.19. The first-order chi connectivity index (χ1) is 6.14. The molecule has 74 valence electrons. The Bertz CT molecular complexity index is 234. The molecule has 3 unspecified atom stereocenters. The minimum Gasteiger partial charge on any atom is -0.343 e. The Morgan fingerprint density at radius 1 is 1.54 bits per heavy atom. The molecule has 0 amide bonds. The lowest BCUT2D eigenvalue weighted by Crippen LogP contribution is -2.49. The van der Waals surface area contributed by atoms with Gasteiger partial charge in [-0.25, -0.2) is 0 Å². The highest BCUT2D eigenvalue weighted by atomic mass is 16.7. The van der Waals surface area contributed by atoms with Crippen LogP contribution in [0, 0.1) is 0 Å². The molecule has 2 aliphatic rings. The summed E-state index contributed by atoms with van der Waals surface area (Å²) in [5.74, 6) is -0.429. The Hall–Kier alpha value is -0.340. The first-order valence-electron chi connectivity index (χ1n) is 5.17. The summed E-state index contributed by atoms with van der Waals surface area (Å²) in [4.78, 5) is 0. The van der Waals surface area contributed by atoms with E-state index in [-0.39, 0.29) is 0 Å². The van der Waals surface area contributed by atoms with Crippen LogP contribution in [0.4, 0.5) is 0 Å². The van der Waals surface area contributed by atoms with Crippen molar-refractivity contribution in [1.82, 2.24) is 0 Å². The zero-order chi connectivity index (χ0) is 9.47. The second kappa shape index (κ2) is 3.10. The molecule has 13 heavy (non-hydrogen) atoms. The normalized spacial score (nSPS) is 44.4. The standard InChI is InChI=1S/C11H18O2/c1-4-9-7-10-6-5-8(2)11(3,12-9)13-10/h5,9-10H,4,6-7H2,1-3H3. The third-order valence-electron chi connectivity index (χ3n) is 3.17. The molecular weight excluding hydrogens is 164 g/mol. The van der Waals surface area contributed by atoms with Crippen LogP contribution in [0.15, 0.2) is 11.6 Å². The van der Waals surface area contributed by atoms with Gasteiger partial charge in [0.1, 0.15) is 0 Å². The summed E-state index contributed by atoms with van der Waals surface area (Å²) < 4.78 is 11.8. The molecule has 3 atom stereocenters. The van der Waals surface area contributed by atoms with Gasteiger partial charge in [0.05, 0.1) is 12.2 Å². The predicted molar refractivity (Wildman–Crippen MR) is 51.4 cm³/mol. The van der Waals surface area contributed by atoms with E-state index in [9.17, 15) is 0 Å². The second-order valence-corrected chi connectivity index (χ2v) is 4.19. The maximum Gasteiger partial charge on any atom is 0.188 e. The summed E-state index contributed by atoms with van der Waals surface area (Å²) in [7, 11) is 0. The van der Waals surface area contributed by atoms with Crippen molar-refractivity contribution in [2.75, 3.05) is 0 Å². The van der Waals surface area contributed by atoms with Gasteiger partial charge in [-0.1, -0.05) is 13.0 Å². The third kappa shape index (κ3) is 1.53. The number of rotatable bonds is 1. The molecule has 2 heteroatoms. The maximum absolute atomic E-state index is 5.92. The highest BCUT2D eigenvalue weighted by Gasteiger charge is 2.41. The molecular formula is C11H18O2. The summed E-state index contributed by atoms with van der Waals surface area (Å²) in [6.45, 7) is 6.30. The third-order valence-corrected chi connectivity index (χ3v) is 3.17. The van der Waals surface area contributed by atoms with Crippen LogP contribution < -0.4 is 0 Å². The first-order valence-corrected chi connectivity index (χ1v) is 5.17. The van der Waals surface area contributed by atoms with Crippen molar-refractivity contribution in [2.45, 2.75) is 58.0 Å². The van der Waals surface area contributed by atoms with Crippen LogP contribution in [-0.4, -0.2) is 18.0 Å². The molecule has 1 fully saturated rings. The Kier molecular flexibility index (Phi) is 2.20. The van der Waals surface area contributed by atoms with Gasteiger partial charge in [-0.05, 0) is 32.3 Å². The minimum absolute atomic E-state index is 0.382. The Balaban J connectivity index is 2.21. The van der Waals surface area contributed by atoms with Crippen LogP contribution in [0.5, 0.6) is 0 Å². The van der Waals surface area contributed by atoms with E-state index in [1.54, 1.807) is 0 Å². The van der Waals surface area contributed by atoms with Crippen LogP contribution in [0.1, 0.15) is 40.0 Å². The average molecular weight is 182 g/mol. The van der Waals surface area contributed by atoms with E-state index >= 15 is 0 Å². The number of hydrogen-bond donors (Lipinski definition) is 0. The van der Waals surface area contributed by atoms with E-state index in [0.29, 0.717) is 12.2 Å².